The summed E-state index contributed by atoms with van der Waals surface area (Å²) in [4.78, 5) is 4.61. The first kappa shape index (κ1) is 9.97. The monoisotopic (exact) mass is 233 g/mol. The molecule has 3 heteroatoms. The second-order valence-corrected chi connectivity index (χ2v) is 5.19. The van der Waals surface area contributed by atoms with E-state index in [1.807, 2.05) is 12.1 Å². The fourth-order valence-electron chi connectivity index (χ4n) is 1.75. The van der Waals surface area contributed by atoms with Gasteiger partial charge in [0.05, 0.1) is 10.7 Å². The number of thiazole rings is 1. The predicted molar refractivity (Wildman–Crippen MR) is 63.3 cm³/mol. The molecule has 3 rings (SSSR count). The summed E-state index contributed by atoms with van der Waals surface area (Å²) in [5, 5.41) is 3.30. The number of aromatic nitrogens is 1. The maximum absolute atomic E-state index is 12.7. The maximum Gasteiger partial charge on any atom is 0.123 e. The summed E-state index contributed by atoms with van der Waals surface area (Å²) >= 11 is 1.71. The normalized spacial score (nSPS) is 15.3. The summed E-state index contributed by atoms with van der Waals surface area (Å²) in [6.45, 7) is 0. The number of benzene rings is 1. The van der Waals surface area contributed by atoms with E-state index < -0.39 is 0 Å². The summed E-state index contributed by atoms with van der Waals surface area (Å²) in [6.07, 6.45) is 3.40. The molecular weight excluding hydrogens is 221 g/mol. The quantitative estimate of drug-likeness (QED) is 0.786. The van der Waals surface area contributed by atoms with Gasteiger partial charge < -0.3 is 0 Å². The van der Waals surface area contributed by atoms with Crippen molar-refractivity contribution in [2.45, 2.75) is 25.2 Å². The average Bonchev–Trinajstić information content (AvgIpc) is 3.04. The fourth-order valence-corrected chi connectivity index (χ4v) is 2.66. The minimum atomic E-state index is -0.179. The van der Waals surface area contributed by atoms with E-state index in [1.54, 1.807) is 11.3 Å². The van der Waals surface area contributed by atoms with E-state index >= 15 is 0 Å². The van der Waals surface area contributed by atoms with Gasteiger partial charge in [0.2, 0.25) is 0 Å². The second-order valence-electron chi connectivity index (χ2n) is 4.24. The topological polar surface area (TPSA) is 12.9 Å². The average molecular weight is 233 g/mol. The molecule has 1 aromatic heterocycles. The molecule has 0 radical (unpaired) electrons. The Kier molecular flexibility index (Phi) is 2.48. The summed E-state index contributed by atoms with van der Waals surface area (Å²) < 4.78 is 12.7. The third-order valence-corrected chi connectivity index (χ3v) is 3.70. The Labute approximate surface area is 98.0 Å². The molecule has 0 spiro atoms. The second kappa shape index (κ2) is 3.98. The molecule has 0 bridgehead atoms. The molecule has 2 aromatic rings. The largest absolute Gasteiger partial charge is 0.246 e. The summed E-state index contributed by atoms with van der Waals surface area (Å²) in [7, 11) is 0. The highest BCUT2D eigenvalue weighted by Gasteiger charge is 2.25. The first-order valence-corrected chi connectivity index (χ1v) is 6.38. The molecule has 0 unspecified atom stereocenters. The minimum absolute atomic E-state index is 0.179. The first-order valence-electron chi connectivity index (χ1n) is 5.50. The van der Waals surface area contributed by atoms with Crippen LogP contribution in [0, 0.1) is 5.82 Å². The van der Waals surface area contributed by atoms with Crippen LogP contribution in [0.4, 0.5) is 4.39 Å². The van der Waals surface area contributed by atoms with Crippen molar-refractivity contribution < 1.29 is 4.39 Å². The highest BCUT2D eigenvalue weighted by Crippen LogP contribution is 2.40. The van der Waals surface area contributed by atoms with E-state index in [4.69, 9.17) is 0 Å². The number of hydrogen-bond donors (Lipinski definition) is 0. The molecular formula is C13H12FNS. The molecule has 0 atom stereocenters. The maximum atomic E-state index is 12.7. The van der Waals surface area contributed by atoms with Gasteiger partial charge in [-0.05, 0) is 30.5 Å². The van der Waals surface area contributed by atoms with Gasteiger partial charge in [0.15, 0.2) is 0 Å². The Morgan fingerprint density at radius 1 is 1.25 bits per heavy atom. The molecule has 0 amide bonds. The van der Waals surface area contributed by atoms with Crippen LogP contribution in [-0.2, 0) is 6.42 Å². The molecule has 1 aromatic carbocycles. The third-order valence-electron chi connectivity index (χ3n) is 2.83. The van der Waals surface area contributed by atoms with Crippen LogP contribution in [0.25, 0.3) is 0 Å². The van der Waals surface area contributed by atoms with Crippen LogP contribution in [0.3, 0.4) is 0 Å². The molecule has 1 fully saturated rings. The standard InChI is InChI=1S/C13H12FNS/c14-11-5-1-9(2-6-11)7-13-15-12(8-16-13)10-3-4-10/h1-2,5-6,8,10H,3-4,7H2. The van der Waals surface area contributed by atoms with Crippen molar-refractivity contribution in [3.8, 4) is 0 Å². The highest BCUT2D eigenvalue weighted by atomic mass is 32.1. The van der Waals surface area contributed by atoms with Crippen LogP contribution in [0.2, 0.25) is 0 Å². The van der Waals surface area contributed by atoms with Crippen LogP contribution in [0.5, 0.6) is 0 Å². The van der Waals surface area contributed by atoms with Gasteiger partial charge in [-0.15, -0.1) is 11.3 Å². The zero-order valence-corrected chi connectivity index (χ0v) is 9.64. The van der Waals surface area contributed by atoms with Crippen LogP contribution >= 0.6 is 11.3 Å². The number of hydrogen-bond acceptors (Lipinski definition) is 2. The summed E-state index contributed by atoms with van der Waals surface area (Å²) in [6, 6.07) is 6.66. The molecule has 1 saturated carbocycles. The fraction of sp³-hybridized carbons (Fsp3) is 0.308. The van der Waals surface area contributed by atoms with Gasteiger partial charge in [0, 0.05) is 17.7 Å². The third kappa shape index (κ3) is 2.14. The first-order chi connectivity index (χ1) is 7.81. The Hall–Kier alpha value is -1.22. The van der Waals surface area contributed by atoms with E-state index in [0.717, 1.165) is 22.9 Å². The van der Waals surface area contributed by atoms with Gasteiger partial charge in [-0.1, -0.05) is 12.1 Å². The Bertz CT molecular complexity index is 485. The van der Waals surface area contributed by atoms with Crippen molar-refractivity contribution in [1.82, 2.24) is 4.98 Å². The lowest BCUT2D eigenvalue weighted by Crippen LogP contribution is -1.88. The van der Waals surface area contributed by atoms with Gasteiger partial charge in [-0.25, -0.2) is 9.37 Å². The molecule has 1 nitrogen and oxygen atoms in total. The lowest BCUT2D eigenvalue weighted by atomic mass is 10.1. The lowest BCUT2D eigenvalue weighted by Gasteiger charge is -1.97. The van der Waals surface area contributed by atoms with E-state index in [9.17, 15) is 4.39 Å². The SMILES string of the molecule is Fc1ccc(Cc2nc(C3CC3)cs2)cc1. The number of rotatable bonds is 3. The highest BCUT2D eigenvalue weighted by molar-refractivity contribution is 7.09. The molecule has 1 aliphatic carbocycles. The number of halogens is 1. The van der Waals surface area contributed by atoms with Crippen molar-refractivity contribution in [3.63, 3.8) is 0 Å². The van der Waals surface area contributed by atoms with Gasteiger partial charge >= 0.3 is 0 Å². The molecule has 1 heterocycles. The van der Waals surface area contributed by atoms with Crippen molar-refractivity contribution in [3.05, 3.63) is 51.7 Å². The van der Waals surface area contributed by atoms with Crippen molar-refractivity contribution in [2.75, 3.05) is 0 Å². The predicted octanol–water partition coefficient (Wildman–Crippen LogP) is 3.75. The zero-order chi connectivity index (χ0) is 11.0. The van der Waals surface area contributed by atoms with E-state index in [-0.39, 0.29) is 5.82 Å². The smallest absolute Gasteiger partial charge is 0.123 e. The van der Waals surface area contributed by atoms with Gasteiger partial charge in [0.25, 0.3) is 0 Å². The Morgan fingerprint density at radius 3 is 2.69 bits per heavy atom. The number of nitrogens with zero attached hydrogens (tertiary/aromatic N) is 1. The summed E-state index contributed by atoms with van der Waals surface area (Å²) in [5.41, 5.74) is 2.38. The summed E-state index contributed by atoms with van der Waals surface area (Å²) in [5.74, 6) is 0.541. The molecule has 16 heavy (non-hydrogen) atoms. The van der Waals surface area contributed by atoms with Crippen molar-refractivity contribution in [2.24, 2.45) is 0 Å². The molecule has 0 N–H and O–H groups in total. The van der Waals surface area contributed by atoms with E-state index in [2.05, 4.69) is 10.4 Å². The van der Waals surface area contributed by atoms with Gasteiger partial charge in [0.1, 0.15) is 5.82 Å². The Morgan fingerprint density at radius 2 is 2.00 bits per heavy atom. The molecule has 1 aliphatic rings. The van der Waals surface area contributed by atoms with E-state index in [0.29, 0.717) is 0 Å². The minimum Gasteiger partial charge on any atom is -0.246 e. The van der Waals surface area contributed by atoms with Crippen LogP contribution in [0.15, 0.2) is 29.6 Å². The van der Waals surface area contributed by atoms with Gasteiger partial charge in [-0.3, -0.25) is 0 Å². The van der Waals surface area contributed by atoms with Crippen molar-refractivity contribution in [1.29, 1.82) is 0 Å². The Balaban J connectivity index is 1.75. The van der Waals surface area contributed by atoms with Crippen LogP contribution in [-0.4, -0.2) is 4.98 Å². The zero-order valence-electron chi connectivity index (χ0n) is 8.82. The van der Waals surface area contributed by atoms with Crippen LogP contribution < -0.4 is 0 Å². The molecule has 0 aliphatic heterocycles. The van der Waals surface area contributed by atoms with Gasteiger partial charge in [-0.2, -0.15) is 0 Å². The molecule has 0 saturated heterocycles. The van der Waals surface area contributed by atoms with E-state index in [1.165, 1.54) is 30.7 Å². The lowest BCUT2D eigenvalue weighted by molar-refractivity contribution is 0.627. The van der Waals surface area contributed by atoms with Crippen LogP contribution in [0.1, 0.15) is 35.0 Å². The molecule has 82 valence electrons. The van der Waals surface area contributed by atoms with Crippen molar-refractivity contribution >= 4 is 11.3 Å².